The third-order valence-electron chi connectivity index (χ3n) is 2.73. The van der Waals surface area contributed by atoms with Crippen molar-refractivity contribution < 1.29 is 10.2 Å². The van der Waals surface area contributed by atoms with Gasteiger partial charge in [0.05, 0.1) is 14.0 Å². The second kappa shape index (κ2) is 4.49. The molecule has 0 amide bonds. The molecule has 0 radical (unpaired) electrons. The number of nitriles is 2. The van der Waals surface area contributed by atoms with Gasteiger partial charge in [0.1, 0.15) is 29.2 Å². The summed E-state index contributed by atoms with van der Waals surface area (Å²) >= 11 is 2.29. The van der Waals surface area contributed by atoms with Crippen molar-refractivity contribution >= 4 is 23.5 Å². The maximum atomic E-state index is 10.0. The minimum atomic E-state index is -0.00435. The Labute approximate surface area is 113 Å². The van der Waals surface area contributed by atoms with Crippen LogP contribution in [0.4, 0.5) is 0 Å². The number of hydrogen-bond acceptors (Lipinski definition) is 6. The van der Waals surface area contributed by atoms with E-state index in [2.05, 4.69) is 0 Å². The summed E-state index contributed by atoms with van der Waals surface area (Å²) < 4.78 is 0.491. The normalized spacial score (nSPS) is 12.8. The molecule has 1 aromatic carbocycles. The van der Waals surface area contributed by atoms with E-state index in [0.717, 1.165) is 23.5 Å². The average Bonchev–Trinajstić information content (AvgIpc) is 2.80. The van der Waals surface area contributed by atoms with Gasteiger partial charge in [-0.2, -0.15) is 10.5 Å². The van der Waals surface area contributed by atoms with Gasteiger partial charge in [-0.3, -0.25) is 0 Å². The lowest BCUT2D eigenvalue weighted by Gasteiger charge is -2.10. The third kappa shape index (κ3) is 1.71. The van der Waals surface area contributed by atoms with Gasteiger partial charge in [0, 0.05) is 0 Å². The van der Waals surface area contributed by atoms with Crippen LogP contribution in [-0.4, -0.2) is 10.2 Å². The largest absolute Gasteiger partial charge is 0.506 e. The Morgan fingerprint density at radius 1 is 0.944 bits per heavy atom. The van der Waals surface area contributed by atoms with Crippen molar-refractivity contribution in [2.75, 3.05) is 0 Å². The predicted molar refractivity (Wildman–Crippen MR) is 69.2 cm³/mol. The van der Waals surface area contributed by atoms with Crippen molar-refractivity contribution in [2.45, 2.75) is 23.6 Å². The van der Waals surface area contributed by atoms with Gasteiger partial charge in [-0.25, -0.2) is 0 Å². The second-order valence-corrected chi connectivity index (χ2v) is 6.00. The summed E-state index contributed by atoms with van der Waals surface area (Å²) in [5.41, 5.74) is 1.21. The lowest BCUT2D eigenvalue weighted by molar-refractivity contribution is 0.429. The van der Waals surface area contributed by atoms with Crippen molar-refractivity contribution in [1.29, 1.82) is 10.5 Å². The summed E-state index contributed by atoms with van der Waals surface area (Å²) in [5.74, 6) is 0.200. The van der Waals surface area contributed by atoms with Crippen LogP contribution in [0.25, 0.3) is 0 Å². The molecule has 6 heteroatoms. The number of aromatic hydroxyl groups is 2. The first-order valence-corrected chi connectivity index (χ1v) is 6.59. The lowest BCUT2D eigenvalue weighted by atomic mass is 10.1. The van der Waals surface area contributed by atoms with Gasteiger partial charge in [0.2, 0.25) is 0 Å². The Morgan fingerprint density at radius 3 is 1.67 bits per heavy atom. The van der Waals surface area contributed by atoms with E-state index in [0.29, 0.717) is 25.2 Å². The molecule has 2 rings (SSSR count). The molecule has 0 unspecified atom stereocenters. The van der Waals surface area contributed by atoms with Crippen molar-refractivity contribution in [3.63, 3.8) is 0 Å². The van der Waals surface area contributed by atoms with Crippen LogP contribution >= 0.6 is 23.5 Å². The van der Waals surface area contributed by atoms with Crippen molar-refractivity contribution in [2.24, 2.45) is 0 Å². The molecule has 1 heterocycles. The monoisotopic (exact) mass is 276 g/mol. The summed E-state index contributed by atoms with van der Waals surface area (Å²) in [4.78, 5) is 1.03. The molecule has 1 aliphatic heterocycles. The van der Waals surface area contributed by atoms with E-state index in [1.807, 2.05) is 12.1 Å². The van der Waals surface area contributed by atoms with E-state index in [1.165, 1.54) is 0 Å². The Balaban J connectivity index is 2.66. The number of phenols is 2. The van der Waals surface area contributed by atoms with Crippen LogP contribution in [0.15, 0.2) is 19.6 Å². The first-order chi connectivity index (χ1) is 8.51. The quantitative estimate of drug-likeness (QED) is 0.559. The Bertz CT molecular complexity index is 611. The molecule has 0 aromatic heterocycles. The number of rotatable bonds is 0. The van der Waals surface area contributed by atoms with Crippen molar-refractivity contribution in [1.82, 2.24) is 0 Å². The van der Waals surface area contributed by atoms with E-state index < -0.39 is 0 Å². The molecule has 0 atom stereocenters. The molecule has 4 nitrogen and oxygen atoms in total. The Hall–Kier alpha value is -1.76. The number of nitrogens with zero attached hydrogens (tertiary/aromatic N) is 2. The van der Waals surface area contributed by atoms with Crippen LogP contribution in [0.5, 0.6) is 11.5 Å². The lowest BCUT2D eigenvalue weighted by Crippen LogP contribution is -1.87. The highest BCUT2D eigenvalue weighted by Crippen LogP contribution is 2.60. The molecule has 0 bridgehead atoms. The number of thioether (sulfide) groups is 2. The highest BCUT2D eigenvalue weighted by atomic mass is 32.2. The molecule has 0 saturated carbocycles. The van der Waals surface area contributed by atoms with Gasteiger partial charge >= 0.3 is 0 Å². The van der Waals surface area contributed by atoms with Crippen LogP contribution in [0.2, 0.25) is 0 Å². The van der Waals surface area contributed by atoms with E-state index in [-0.39, 0.29) is 17.1 Å². The molecule has 90 valence electrons. The van der Waals surface area contributed by atoms with E-state index in [9.17, 15) is 10.2 Å². The molecule has 0 saturated heterocycles. The van der Waals surface area contributed by atoms with Crippen LogP contribution in [0.3, 0.4) is 0 Å². The van der Waals surface area contributed by atoms with E-state index >= 15 is 0 Å². The number of benzene rings is 1. The standard InChI is InChI=1S/C12H8N2O2S2/c1-5-6(2)9(16)11-10(8(5)15)17-12(18-11)7(3-13)4-14/h15-16H,1-2H3. The number of phenolic OH excluding ortho intramolecular Hbond substituents is 2. The fourth-order valence-electron chi connectivity index (χ4n) is 1.52. The summed E-state index contributed by atoms with van der Waals surface area (Å²) in [5, 5.41) is 37.7. The highest BCUT2D eigenvalue weighted by molar-refractivity contribution is 8.24. The molecule has 1 aliphatic rings. The van der Waals surface area contributed by atoms with Crippen LogP contribution < -0.4 is 0 Å². The van der Waals surface area contributed by atoms with E-state index in [4.69, 9.17) is 10.5 Å². The molecule has 18 heavy (non-hydrogen) atoms. The Kier molecular flexibility index (Phi) is 3.16. The topological polar surface area (TPSA) is 88.0 Å². The molecule has 0 aliphatic carbocycles. The van der Waals surface area contributed by atoms with Gasteiger partial charge in [0.25, 0.3) is 0 Å². The van der Waals surface area contributed by atoms with Gasteiger partial charge in [-0.1, -0.05) is 23.5 Å². The fourth-order valence-corrected chi connectivity index (χ4v) is 4.08. The van der Waals surface area contributed by atoms with Crippen molar-refractivity contribution in [3.8, 4) is 23.6 Å². The smallest absolute Gasteiger partial charge is 0.150 e. The van der Waals surface area contributed by atoms with Crippen molar-refractivity contribution in [3.05, 3.63) is 20.9 Å². The maximum Gasteiger partial charge on any atom is 0.150 e. The molecule has 0 spiro atoms. The molecular formula is C12H8N2O2S2. The van der Waals surface area contributed by atoms with Gasteiger partial charge in [0.15, 0.2) is 0 Å². The zero-order valence-corrected chi connectivity index (χ0v) is 11.2. The third-order valence-corrected chi connectivity index (χ3v) is 5.34. The highest BCUT2D eigenvalue weighted by Gasteiger charge is 2.29. The maximum absolute atomic E-state index is 10.0. The molecule has 1 aromatic rings. The zero-order chi connectivity index (χ0) is 13.4. The fraction of sp³-hybridized carbons (Fsp3) is 0.167. The predicted octanol–water partition coefficient (Wildman–Crippen LogP) is 3.17. The molecular weight excluding hydrogens is 268 g/mol. The minimum Gasteiger partial charge on any atom is -0.506 e. The summed E-state index contributed by atoms with van der Waals surface area (Å²) in [6.07, 6.45) is 0. The minimum absolute atomic E-state index is 0.00435. The van der Waals surface area contributed by atoms with Gasteiger partial charge in [-0.05, 0) is 25.0 Å². The number of fused-ring (bicyclic) bond motifs is 1. The first kappa shape index (κ1) is 12.7. The molecule has 2 N–H and O–H groups in total. The summed E-state index contributed by atoms with van der Waals surface area (Å²) in [6, 6.07) is 3.62. The van der Waals surface area contributed by atoms with Gasteiger partial charge in [-0.15, -0.1) is 0 Å². The van der Waals surface area contributed by atoms with Crippen LogP contribution in [0.1, 0.15) is 11.1 Å². The second-order valence-electron chi connectivity index (χ2n) is 3.70. The Morgan fingerprint density at radius 2 is 1.33 bits per heavy atom. The average molecular weight is 276 g/mol. The molecule has 0 fully saturated rings. The SMILES string of the molecule is Cc1c(C)c(O)c2c(c1O)SC(=C(C#N)C#N)S2. The summed E-state index contributed by atoms with van der Waals surface area (Å²) in [6.45, 7) is 3.43. The number of hydrogen-bond donors (Lipinski definition) is 2. The van der Waals surface area contributed by atoms with Gasteiger partial charge < -0.3 is 10.2 Å². The van der Waals surface area contributed by atoms with Crippen LogP contribution in [-0.2, 0) is 0 Å². The number of allylic oxidation sites excluding steroid dienone is 1. The van der Waals surface area contributed by atoms with Crippen LogP contribution in [0, 0.1) is 36.5 Å². The zero-order valence-electron chi connectivity index (χ0n) is 9.61. The summed E-state index contributed by atoms with van der Waals surface area (Å²) in [7, 11) is 0. The first-order valence-electron chi connectivity index (χ1n) is 4.96. The van der Waals surface area contributed by atoms with E-state index in [1.54, 1.807) is 13.8 Å².